The Kier molecular flexibility index (Phi) is 6.83. The summed E-state index contributed by atoms with van der Waals surface area (Å²) < 4.78 is 5.73. The van der Waals surface area contributed by atoms with Crippen molar-refractivity contribution in [2.75, 3.05) is 25.0 Å². The average Bonchev–Trinajstić information content (AvgIpc) is 2.61. The zero-order valence-electron chi connectivity index (χ0n) is 14.5. The molecule has 0 heterocycles. The van der Waals surface area contributed by atoms with Crippen LogP contribution in [0.25, 0.3) is 0 Å². The Labute approximate surface area is 147 Å². The molecule has 2 N–H and O–H groups in total. The Morgan fingerprint density at radius 3 is 2.28 bits per heavy atom. The number of hydrogen-bond donors (Lipinski definition) is 2. The van der Waals surface area contributed by atoms with Gasteiger partial charge in [-0.2, -0.15) is 0 Å². The van der Waals surface area contributed by atoms with Crippen LogP contribution in [-0.2, 0) is 4.79 Å². The van der Waals surface area contributed by atoms with Crippen molar-refractivity contribution in [1.29, 1.82) is 0 Å². The van der Waals surface area contributed by atoms with Gasteiger partial charge in [-0.15, -0.1) is 0 Å². The minimum atomic E-state index is -0.466. The summed E-state index contributed by atoms with van der Waals surface area (Å²) >= 11 is 0. The SMILES string of the molecule is CCCNC(=O)NC(=O)CN(C)c1ccc(Oc2ccccc2)cc1. The van der Waals surface area contributed by atoms with E-state index in [0.717, 1.165) is 17.9 Å². The minimum Gasteiger partial charge on any atom is -0.457 e. The van der Waals surface area contributed by atoms with Crippen molar-refractivity contribution in [1.82, 2.24) is 10.6 Å². The van der Waals surface area contributed by atoms with Crippen LogP contribution in [0.15, 0.2) is 54.6 Å². The number of imide groups is 1. The first-order chi connectivity index (χ1) is 12.1. The third-order valence-corrected chi connectivity index (χ3v) is 3.43. The highest BCUT2D eigenvalue weighted by atomic mass is 16.5. The smallest absolute Gasteiger partial charge is 0.321 e. The summed E-state index contributed by atoms with van der Waals surface area (Å²) in [5, 5.41) is 4.91. The predicted molar refractivity (Wildman–Crippen MR) is 98.1 cm³/mol. The second kappa shape index (κ2) is 9.32. The molecular weight excluding hydrogens is 318 g/mol. The highest BCUT2D eigenvalue weighted by Crippen LogP contribution is 2.23. The number of likely N-dealkylation sites (N-methyl/N-ethyl adjacent to an activating group) is 1. The summed E-state index contributed by atoms with van der Waals surface area (Å²) in [4.78, 5) is 25.1. The van der Waals surface area contributed by atoms with Crippen LogP contribution in [0.1, 0.15) is 13.3 Å². The molecule has 0 aliphatic rings. The number of urea groups is 1. The summed E-state index contributed by atoms with van der Waals surface area (Å²) in [5.74, 6) is 1.12. The van der Waals surface area contributed by atoms with E-state index in [0.29, 0.717) is 12.3 Å². The molecule has 0 aromatic heterocycles. The van der Waals surface area contributed by atoms with Gasteiger partial charge in [0.15, 0.2) is 0 Å². The summed E-state index contributed by atoms with van der Waals surface area (Å²) in [5.41, 5.74) is 0.851. The first-order valence-corrected chi connectivity index (χ1v) is 8.20. The number of hydrogen-bond acceptors (Lipinski definition) is 4. The van der Waals surface area contributed by atoms with Gasteiger partial charge in [0.2, 0.25) is 5.91 Å². The molecule has 3 amide bonds. The van der Waals surface area contributed by atoms with Gasteiger partial charge in [0, 0.05) is 19.3 Å². The van der Waals surface area contributed by atoms with Gasteiger partial charge in [-0.3, -0.25) is 10.1 Å². The third kappa shape index (κ3) is 6.18. The van der Waals surface area contributed by atoms with E-state index in [1.54, 1.807) is 11.9 Å². The van der Waals surface area contributed by atoms with Gasteiger partial charge < -0.3 is 15.0 Å². The summed E-state index contributed by atoms with van der Waals surface area (Å²) in [6, 6.07) is 16.5. The average molecular weight is 341 g/mol. The number of ether oxygens (including phenoxy) is 1. The fourth-order valence-electron chi connectivity index (χ4n) is 2.15. The molecule has 2 rings (SSSR count). The lowest BCUT2D eigenvalue weighted by molar-refractivity contribution is -0.118. The van der Waals surface area contributed by atoms with Gasteiger partial charge in [-0.1, -0.05) is 25.1 Å². The molecule has 0 unspecified atom stereocenters. The lowest BCUT2D eigenvalue weighted by Crippen LogP contribution is -2.44. The third-order valence-electron chi connectivity index (χ3n) is 3.43. The Bertz CT molecular complexity index is 687. The van der Waals surface area contributed by atoms with Crippen molar-refractivity contribution < 1.29 is 14.3 Å². The Morgan fingerprint density at radius 2 is 1.64 bits per heavy atom. The maximum atomic E-state index is 11.9. The number of anilines is 1. The first-order valence-electron chi connectivity index (χ1n) is 8.20. The number of nitrogens with one attached hydrogen (secondary N) is 2. The van der Waals surface area contributed by atoms with Crippen molar-refractivity contribution in [2.24, 2.45) is 0 Å². The number of benzene rings is 2. The zero-order chi connectivity index (χ0) is 18.1. The van der Waals surface area contributed by atoms with Gasteiger partial charge in [0.25, 0.3) is 0 Å². The summed E-state index contributed by atoms with van der Waals surface area (Å²) in [7, 11) is 1.79. The number of carbonyl (C=O) groups excluding carboxylic acids is 2. The fraction of sp³-hybridized carbons (Fsp3) is 0.263. The summed E-state index contributed by atoms with van der Waals surface area (Å²) in [6.45, 7) is 2.57. The van der Waals surface area contributed by atoms with Crippen molar-refractivity contribution in [3.63, 3.8) is 0 Å². The van der Waals surface area contributed by atoms with Crippen LogP contribution >= 0.6 is 0 Å². The number of para-hydroxylation sites is 1. The van der Waals surface area contributed by atoms with E-state index in [2.05, 4.69) is 10.6 Å². The molecule has 2 aromatic carbocycles. The zero-order valence-corrected chi connectivity index (χ0v) is 14.5. The molecule has 132 valence electrons. The van der Waals surface area contributed by atoms with Crippen LogP contribution in [-0.4, -0.2) is 32.1 Å². The fourth-order valence-corrected chi connectivity index (χ4v) is 2.15. The van der Waals surface area contributed by atoms with Crippen LogP contribution in [0.4, 0.5) is 10.5 Å². The quantitative estimate of drug-likeness (QED) is 0.811. The van der Waals surface area contributed by atoms with Crippen LogP contribution in [0.2, 0.25) is 0 Å². The molecule has 0 saturated heterocycles. The lowest BCUT2D eigenvalue weighted by atomic mass is 10.2. The van der Waals surface area contributed by atoms with Gasteiger partial charge in [0.05, 0.1) is 6.54 Å². The number of nitrogens with zero attached hydrogens (tertiary/aromatic N) is 1. The van der Waals surface area contributed by atoms with E-state index in [1.165, 1.54) is 0 Å². The Hall–Kier alpha value is -3.02. The number of rotatable bonds is 7. The molecule has 2 aromatic rings. The molecule has 0 radical (unpaired) electrons. The monoisotopic (exact) mass is 341 g/mol. The molecule has 25 heavy (non-hydrogen) atoms. The Balaban J connectivity index is 1.86. The van der Waals surface area contributed by atoms with E-state index in [-0.39, 0.29) is 12.5 Å². The van der Waals surface area contributed by atoms with E-state index in [9.17, 15) is 9.59 Å². The second-order valence-corrected chi connectivity index (χ2v) is 5.57. The van der Waals surface area contributed by atoms with E-state index in [4.69, 9.17) is 4.74 Å². The highest BCUT2D eigenvalue weighted by Gasteiger charge is 2.10. The molecule has 0 saturated carbocycles. The molecule has 0 fully saturated rings. The van der Waals surface area contributed by atoms with E-state index in [1.807, 2.05) is 61.5 Å². The van der Waals surface area contributed by atoms with Crippen molar-refractivity contribution >= 4 is 17.6 Å². The number of carbonyl (C=O) groups is 2. The maximum absolute atomic E-state index is 11.9. The largest absolute Gasteiger partial charge is 0.457 e. The van der Waals surface area contributed by atoms with Crippen molar-refractivity contribution in [2.45, 2.75) is 13.3 Å². The molecule has 6 heteroatoms. The predicted octanol–water partition coefficient (Wildman–Crippen LogP) is 3.15. The van der Waals surface area contributed by atoms with Crippen LogP contribution in [0.3, 0.4) is 0 Å². The topological polar surface area (TPSA) is 70.7 Å². The van der Waals surface area contributed by atoms with Gasteiger partial charge in [-0.05, 0) is 42.8 Å². The van der Waals surface area contributed by atoms with Crippen LogP contribution < -0.4 is 20.3 Å². The molecule has 0 spiro atoms. The van der Waals surface area contributed by atoms with Gasteiger partial charge in [-0.25, -0.2) is 4.79 Å². The number of amides is 3. The van der Waals surface area contributed by atoms with Crippen molar-refractivity contribution in [3.8, 4) is 11.5 Å². The molecular formula is C19H23N3O3. The van der Waals surface area contributed by atoms with Crippen LogP contribution in [0.5, 0.6) is 11.5 Å². The summed E-state index contributed by atoms with van der Waals surface area (Å²) in [6.07, 6.45) is 0.818. The van der Waals surface area contributed by atoms with Crippen LogP contribution in [0, 0.1) is 0 Å². The van der Waals surface area contributed by atoms with Crippen molar-refractivity contribution in [3.05, 3.63) is 54.6 Å². The Morgan fingerprint density at radius 1 is 1.00 bits per heavy atom. The molecule has 0 aliphatic carbocycles. The molecule has 0 bridgehead atoms. The highest BCUT2D eigenvalue weighted by molar-refractivity contribution is 5.96. The molecule has 0 atom stereocenters. The maximum Gasteiger partial charge on any atom is 0.321 e. The van der Waals surface area contributed by atoms with E-state index >= 15 is 0 Å². The van der Waals surface area contributed by atoms with E-state index < -0.39 is 6.03 Å². The lowest BCUT2D eigenvalue weighted by Gasteiger charge is -2.19. The minimum absolute atomic E-state index is 0.0818. The molecule has 0 aliphatic heterocycles. The standard InChI is InChI=1S/C19H23N3O3/c1-3-13-20-19(24)21-18(23)14-22(2)15-9-11-17(12-10-15)25-16-7-5-4-6-8-16/h4-12H,3,13-14H2,1-2H3,(H2,20,21,23,24). The first kappa shape index (κ1) is 18.3. The molecule has 6 nitrogen and oxygen atoms in total. The van der Waals surface area contributed by atoms with Gasteiger partial charge in [0.1, 0.15) is 11.5 Å². The second-order valence-electron chi connectivity index (χ2n) is 5.57. The van der Waals surface area contributed by atoms with Gasteiger partial charge >= 0.3 is 6.03 Å². The normalized spacial score (nSPS) is 10.0.